The fraction of sp³-hybridized carbons (Fsp3) is 0.545. The van der Waals surface area contributed by atoms with Crippen LogP contribution in [0.4, 0.5) is 5.82 Å². The first-order chi connectivity index (χ1) is 8.49. The lowest BCUT2D eigenvalue weighted by Gasteiger charge is -2.16. The highest BCUT2D eigenvalue weighted by molar-refractivity contribution is 7.90. The Morgan fingerprint density at radius 1 is 1.44 bits per heavy atom. The molecular weight excluding hydrogens is 256 g/mol. The van der Waals surface area contributed by atoms with Gasteiger partial charge in [-0.2, -0.15) is 0 Å². The van der Waals surface area contributed by atoms with Crippen LogP contribution in [0.25, 0.3) is 0 Å². The van der Waals surface area contributed by atoms with E-state index in [9.17, 15) is 8.42 Å². The maximum absolute atomic E-state index is 11.6. The van der Waals surface area contributed by atoms with Crippen molar-refractivity contribution in [2.24, 2.45) is 0 Å². The molecule has 102 valence electrons. The van der Waals surface area contributed by atoms with Crippen LogP contribution in [-0.2, 0) is 19.3 Å². The molecule has 0 amide bonds. The van der Waals surface area contributed by atoms with Crippen molar-refractivity contribution in [1.82, 2.24) is 4.98 Å². The van der Waals surface area contributed by atoms with Crippen LogP contribution in [0.5, 0.6) is 0 Å². The van der Waals surface area contributed by atoms with E-state index in [-0.39, 0.29) is 11.0 Å². The van der Waals surface area contributed by atoms with Gasteiger partial charge >= 0.3 is 0 Å². The van der Waals surface area contributed by atoms with Crippen LogP contribution in [-0.4, -0.2) is 53.1 Å². The van der Waals surface area contributed by atoms with Crippen molar-refractivity contribution in [2.75, 3.05) is 38.9 Å². The molecule has 7 heteroatoms. The molecule has 1 N–H and O–H groups in total. The zero-order valence-electron chi connectivity index (χ0n) is 10.7. The van der Waals surface area contributed by atoms with Gasteiger partial charge < -0.3 is 14.8 Å². The normalized spacial score (nSPS) is 13.3. The third-order valence-corrected chi connectivity index (χ3v) is 3.48. The molecule has 0 bridgehead atoms. The number of pyridine rings is 1. The molecular formula is C11H18N2O4S. The lowest BCUT2D eigenvalue weighted by atomic mass is 10.3. The summed E-state index contributed by atoms with van der Waals surface area (Å²) in [6.07, 6.45) is 2.53. The molecule has 1 atom stereocenters. The monoisotopic (exact) mass is 274 g/mol. The summed E-state index contributed by atoms with van der Waals surface area (Å²) in [5.74, 6) is 0.332. The zero-order valence-corrected chi connectivity index (χ0v) is 11.5. The molecule has 0 saturated carbocycles. The second kappa shape index (κ2) is 6.67. The highest BCUT2D eigenvalue weighted by Gasteiger charge is 2.15. The number of anilines is 1. The van der Waals surface area contributed by atoms with E-state index in [0.29, 0.717) is 19.0 Å². The molecule has 6 nitrogen and oxygen atoms in total. The molecule has 1 aromatic heterocycles. The highest BCUT2D eigenvalue weighted by Crippen LogP contribution is 2.17. The van der Waals surface area contributed by atoms with Gasteiger partial charge in [0.05, 0.1) is 12.7 Å². The number of aromatic nitrogens is 1. The van der Waals surface area contributed by atoms with Crippen LogP contribution in [0, 0.1) is 0 Å². The van der Waals surface area contributed by atoms with Crippen molar-refractivity contribution in [3.8, 4) is 0 Å². The number of hydrogen-bond donors (Lipinski definition) is 1. The van der Waals surface area contributed by atoms with E-state index >= 15 is 0 Å². The van der Waals surface area contributed by atoms with E-state index in [0.717, 1.165) is 6.26 Å². The number of nitrogens with one attached hydrogen (secondary N) is 1. The molecule has 18 heavy (non-hydrogen) atoms. The summed E-state index contributed by atoms with van der Waals surface area (Å²) in [4.78, 5) is 4.20. The summed E-state index contributed by atoms with van der Waals surface area (Å²) in [6.45, 7) is 0.842. The van der Waals surface area contributed by atoms with E-state index in [1.807, 2.05) is 0 Å². The van der Waals surface area contributed by atoms with Gasteiger partial charge in [-0.1, -0.05) is 0 Å². The van der Waals surface area contributed by atoms with Crippen molar-refractivity contribution in [3.05, 3.63) is 18.3 Å². The minimum Gasteiger partial charge on any atom is -0.382 e. The van der Waals surface area contributed by atoms with Gasteiger partial charge in [0.2, 0.25) is 0 Å². The van der Waals surface area contributed by atoms with Crippen LogP contribution in [0.1, 0.15) is 0 Å². The lowest BCUT2D eigenvalue weighted by molar-refractivity contribution is 0.0365. The molecule has 0 aliphatic carbocycles. The van der Waals surface area contributed by atoms with Crippen molar-refractivity contribution >= 4 is 15.7 Å². The van der Waals surface area contributed by atoms with Gasteiger partial charge in [-0.3, -0.25) is 0 Å². The predicted molar refractivity (Wildman–Crippen MR) is 68.5 cm³/mol. The Balaban J connectivity index is 2.79. The molecule has 1 unspecified atom stereocenters. The molecule has 1 aromatic rings. The largest absolute Gasteiger partial charge is 0.382 e. The number of rotatable bonds is 7. The third-order valence-electron chi connectivity index (χ3n) is 2.35. The van der Waals surface area contributed by atoms with Crippen LogP contribution in [0.2, 0.25) is 0 Å². The molecule has 1 rings (SSSR count). The summed E-state index contributed by atoms with van der Waals surface area (Å²) in [5, 5.41) is 2.96. The molecule has 0 radical (unpaired) electrons. The van der Waals surface area contributed by atoms with Crippen LogP contribution >= 0.6 is 0 Å². The summed E-state index contributed by atoms with van der Waals surface area (Å²) < 4.78 is 33.3. The van der Waals surface area contributed by atoms with Gasteiger partial charge in [-0.15, -0.1) is 0 Å². The van der Waals surface area contributed by atoms with Gasteiger partial charge in [-0.05, 0) is 12.1 Å². The van der Waals surface area contributed by atoms with Crippen molar-refractivity contribution in [2.45, 2.75) is 11.0 Å². The fourth-order valence-corrected chi connectivity index (χ4v) is 2.23. The second-order valence-corrected chi connectivity index (χ2v) is 5.80. The molecule has 0 aliphatic rings. The van der Waals surface area contributed by atoms with Crippen LogP contribution in [0.3, 0.4) is 0 Å². The highest BCUT2D eigenvalue weighted by atomic mass is 32.2. The average molecular weight is 274 g/mol. The number of nitrogens with zero attached hydrogens (tertiary/aromatic N) is 1. The maximum Gasteiger partial charge on any atom is 0.179 e. The number of ether oxygens (including phenoxy) is 2. The third kappa shape index (κ3) is 4.25. The molecule has 1 heterocycles. The summed E-state index contributed by atoms with van der Waals surface area (Å²) in [7, 11) is -0.149. The Kier molecular flexibility index (Phi) is 5.52. The van der Waals surface area contributed by atoms with Gasteiger partial charge in [0.15, 0.2) is 9.84 Å². The Hall–Kier alpha value is -1.18. The smallest absolute Gasteiger partial charge is 0.179 e. The second-order valence-electron chi connectivity index (χ2n) is 3.82. The molecule has 0 saturated heterocycles. The summed E-state index contributed by atoms with van der Waals surface area (Å²) in [5.41, 5.74) is 0. The van der Waals surface area contributed by atoms with E-state index in [2.05, 4.69) is 10.3 Å². The van der Waals surface area contributed by atoms with Crippen molar-refractivity contribution < 1.29 is 17.9 Å². The van der Waals surface area contributed by atoms with E-state index in [4.69, 9.17) is 9.47 Å². The van der Waals surface area contributed by atoms with Crippen molar-refractivity contribution in [3.63, 3.8) is 0 Å². The Morgan fingerprint density at radius 2 is 2.17 bits per heavy atom. The zero-order chi connectivity index (χ0) is 13.6. The Labute approximate surface area is 107 Å². The van der Waals surface area contributed by atoms with E-state index in [1.54, 1.807) is 20.3 Å². The maximum atomic E-state index is 11.6. The Morgan fingerprint density at radius 3 is 2.72 bits per heavy atom. The first-order valence-electron chi connectivity index (χ1n) is 5.39. The van der Waals surface area contributed by atoms with E-state index in [1.165, 1.54) is 12.3 Å². The van der Waals surface area contributed by atoms with Crippen LogP contribution < -0.4 is 5.32 Å². The number of hydrogen-bond acceptors (Lipinski definition) is 6. The SMILES string of the molecule is COCC(CNc1ncccc1S(C)(=O)=O)OC. The summed E-state index contributed by atoms with van der Waals surface area (Å²) >= 11 is 0. The standard InChI is InChI=1S/C11H18N2O4S/c1-16-8-9(17-2)7-13-11-10(18(3,14)15)5-4-6-12-11/h4-6,9H,7-8H2,1-3H3,(H,12,13). The lowest BCUT2D eigenvalue weighted by Crippen LogP contribution is -2.27. The fourth-order valence-electron chi connectivity index (χ4n) is 1.43. The minimum absolute atomic E-state index is 0.163. The molecule has 0 aromatic carbocycles. The average Bonchev–Trinajstić information content (AvgIpc) is 2.33. The predicted octanol–water partition coefficient (Wildman–Crippen LogP) is 0.558. The first kappa shape index (κ1) is 14.9. The molecule has 0 spiro atoms. The van der Waals surface area contributed by atoms with Crippen molar-refractivity contribution in [1.29, 1.82) is 0 Å². The van der Waals surface area contributed by atoms with Gasteiger partial charge in [0.25, 0.3) is 0 Å². The van der Waals surface area contributed by atoms with Gasteiger partial charge in [-0.25, -0.2) is 13.4 Å². The minimum atomic E-state index is -3.30. The van der Waals surface area contributed by atoms with Gasteiger partial charge in [0.1, 0.15) is 10.7 Å². The van der Waals surface area contributed by atoms with E-state index < -0.39 is 9.84 Å². The summed E-state index contributed by atoms with van der Waals surface area (Å²) in [6, 6.07) is 3.10. The quantitative estimate of drug-likeness (QED) is 0.782. The van der Waals surface area contributed by atoms with Gasteiger partial charge in [0, 0.05) is 33.2 Å². The molecule has 0 fully saturated rings. The number of methoxy groups -OCH3 is 2. The number of sulfone groups is 1. The Bertz CT molecular complexity index is 476. The topological polar surface area (TPSA) is 77.5 Å². The molecule has 0 aliphatic heterocycles. The first-order valence-corrected chi connectivity index (χ1v) is 7.29. The van der Waals surface area contributed by atoms with Crippen LogP contribution in [0.15, 0.2) is 23.2 Å².